The summed E-state index contributed by atoms with van der Waals surface area (Å²) in [6, 6.07) is 10.3. The summed E-state index contributed by atoms with van der Waals surface area (Å²) in [6.45, 7) is 12.0. The molecule has 24 heavy (non-hydrogen) atoms. The molecule has 1 amide bonds. The number of nitrogens with zero attached hydrogens (tertiary/aromatic N) is 1. The van der Waals surface area contributed by atoms with Crippen LogP contribution in [0, 0.1) is 0 Å². The smallest absolute Gasteiger partial charge is 0.223 e. The number of amides is 1. The summed E-state index contributed by atoms with van der Waals surface area (Å²) in [4.78, 5) is 14.5. The van der Waals surface area contributed by atoms with Crippen molar-refractivity contribution in [3.8, 4) is 0 Å². The van der Waals surface area contributed by atoms with Crippen molar-refractivity contribution in [2.45, 2.75) is 70.4 Å². The van der Waals surface area contributed by atoms with E-state index in [1.54, 1.807) is 0 Å². The molecule has 1 heterocycles. The fraction of sp³-hybridized carbons (Fsp3) is 0.632. The number of rotatable bonds is 5. The molecule has 2 rings (SSSR count). The van der Waals surface area contributed by atoms with E-state index < -0.39 is 8.32 Å². The van der Waals surface area contributed by atoms with Crippen molar-refractivity contribution in [3.63, 3.8) is 0 Å². The third-order valence-electron chi connectivity index (χ3n) is 5.40. The van der Waals surface area contributed by atoms with Crippen LogP contribution in [-0.4, -0.2) is 36.6 Å². The van der Waals surface area contributed by atoms with Crippen molar-refractivity contribution in [2.75, 3.05) is 5.33 Å². The molecule has 1 aromatic rings. The van der Waals surface area contributed by atoms with E-state index in [2.05, 4.69) is 61.9 Å². The number of halogens is 1. The van der Waals surface area contributed by atoms with Gasteiger partial charge in [0.15, 0.2) is 8.32 Å². The maximum absolute atomic E-state index is 12.5. The highest BCUT2D eigenvalue weighted by Gasteiger charge is 2.43. The van der Waals surface area contributed by atoms with Crippen LogP contribution in [0.1, 0.15) is 39.2 Å². The first kappa shape index (κ1) is 19.7. The van der Waals surface area contributed by atoms with E-state index in [9.17, 15) is 4.79 Å². The van der Waals surface area contributed by atoms with Crippen LogP contribution in [0.4, 0.5) is 0 Å². The molecule has 5 heteroatoms. The van der Waals surface area contributed by atoms with Gasteiger partial charge in [-0.25, -0.2) is 0 Å². The van der Waals surface area contributed by atoms with E-state index in [1.807, 2.05) is 23.1 Å². The van der Waals surface area contributed by atoms with Crippen LogP contribution in [0.3, 0.4) is 0 Å². The van der Waals surface area contributed by atoms with Gasteiger partial charge in [-0.05, 0) is 30.1 Å². The van der Waals surface area contributed by atoms with Crippen molar-refractivity contribution in [3.05, 3.63) is 35.9 Å². The van der Waals surface area contributed by atoms with Gasteiger partial charge in [0.25, 0.3) is 0 Å². The SMILES string of the molecule is CC(C)(C)[Si](C)(C)O[C@H]1CCC(=O)N(Cc2ccccc2)[C@@H]1CBr. The summed E-state index contributed by atoms with van der Waals surface area (Å²) in [5.74, 6) is 0.235. The largest absolute Gasteiger partial charge is 0.412 e. The average Bonchev–Trinajstić information content (AvgIpc) is 2.50. The van der Waals surface area contributed by atoms with Gasteiger partial charge in [0, 0.05) is 18.3 Å². The zero-order valence-electron chi connectivity index (χ0n) is 15.5. The molecule has 2 atom stereocenters. The van der Waals surface area contributed by atoms with Crippen LogP contribution in [0.2, 0.25) is 18.1 Å². The number of hydrogen-bond donors (Lipinski definition) is 0. The Morgan fingerprint density at radius 3 is 2.42 bits per heavy atom. The van der Waals surface area contributed by atoms with Crippen molar-refractivity contribution in [1.82, 2.24) is 4.90 Å². The predicted octanol–water partition coefficient (Wildman–Crippen LogP) is 4.96. The van der Waals surface area contributed by atoms with E-state index in [-0.39, 0.29) is 23.1 Å². The zero-order chi connectivity index (χ0) is 18.0. The first-order valence-corrected chi connectivity index (χ1v) is 12.8. The summed E-state index contributed by atoms with van der Waals surface area (Å²) < 4.78 is 6.68. The van der Waals surface area contributed by atoms with E-state index >= 15 is 0 Å². The Morgan fingerprint density at radius 2 is 1.88 bits per heavy atom. The van der Waals surface area contributed by atoms with Gasteiger partial charge in [-0.15, -0.1) is 0 Å². The third-order valence-corrected chi connectivity index (χ3v) is 10.6. The van der Waals surface area contributed by atoms with Gasteiger partial charge < -0.3 is 9.33 Å². The highest BCUT2D eigenvalue weighted by Crippen LogP contribution is 2.39. The topological polar surface area (TPSA) is 29.5 Å². The highest BCUT2D eigenvalue weighted by atomic mass is 79.9. The Bertz CT molecular complexity index is 556. The Balaban J connectivity index is 2.18. The lowest BCUT2D eigenvalue weighted by molar-refractivity contribution is -0.141. The molecule has 0 bridgehead atoms. The number of benzene rings is 1. The number of alkyl halides is 1. The summed E-state index contributed by atoms with van der Waals surface area (Å²) in [7, 11) is -1.85. The number of carbonyl (C=O) groups excluding carboxylic acids is 1. The van der Waals surface area contributed by atoms with Crippen LogP contribution in [-0.2, 0) is 15.8 Å². The van der Waals surface area contributed by atoms with Gasteiger partial charge in [0.05, 0.1) is 12.1 Å². The molecule has 0 aliphatic carbocycles. The van der Waals surface area contributed by atoms with Gasteiger partial charge in [-0.3, -0.25) is 4.79 Å². The van der Waals surface area contributed by atoms with Crippen LogP contribution < -0.4 is 0 Å². The Morgan fingerprint density at radius 1 is 1.25 bits per heavy atom. The molecule has 1 fully saturated rings. The van der Waals surface area contributed by atoms with Crippen molar-refractivity contribution < 1.29 is 9.22 Å². The minimum absolute atomic E-state index is 0.0978. The summed E-state index contributed by atoms with van der Waals surface area (Å²) in [5.41, 5.74) is 1.17. The van der Waals surface area contributed by atoms with Crippen molar-refractivity contribution in [1.29, 1.82) is 0 Å². The molecular formula is C19H30BrNO2Si. The van der Waals surface area contributed by atoms with Crippen molar-refractivity contribution in [2.24, 2.45) is 0 Å². The maximum atomic E-state index is 12.5. The quantitative estimate of drug-likeness (QED) is 0.505. The van der Waals surface area contributed by atoms with E-state index in [0.29, 0.717) is 13.0 Å². The van der Waals surface area contributed by atoms with Gasteiger partial charge in [0.2, 0.25) is 5.91 Å². The Labute approximate surface area is 156 Å². The molecule has 1 aliphatic heterocycles. The molecule has 0 N–H and O–H groups in total. The first-order valence-electron chi connectivity index (χ1n) is 8.73. The van der Waals surface area contributed by atoms with E-state index in [4.69, 9.17) is 4.43 Å². The minimum Gasteiger partial charge on any atom is -0.412 e. The number of carbonyl (C=O) groups is 1. The van der Waals surface area contributed by atoms with Crippen LogP contribution in [0.15, 0.2) is 30.3 Å². The van der Waals surface area contributed by atoms with Crippen molar-refractivity contribution >= 4 is 30.2 Å². The van der Waals surface area contributed by atoms with Gasteiger partial charge in [-0.1, -0.05) is 67.0 Å². The second-order valence-electron chi connectivity index (χ2n) is 8.18. The second-order valence-corrected chi connectivity index (χ2v) is 13.6. The molecule has 0 unspecified atom stereocenters. The van der Waals surface area contributed by atoms with E-state index in [1.165, 1.54) is 5.56 Å². The number of hydrogen-bond acceptors (Lipinski definition) is 2. The molecule has 0 radical (unpaired) electrons. The Kier molecular flexibility index (Phi) is 6.32. The molecule has 134 valence electrons. The number of piperidine rings is 1. The minimum atomic E-state index is -1.85. The first-order chi connectivity index (χ1) is 11.2. The normalized spacial score (nSPS) is 22.8. The van der Waals surface area contributed by atoms with Crippen LogP contribution >= 0.6 is 15.9 Å². The van der Waals surface area contributed by atoms with E-state index in [0.717, 1.165) is 11.8 Å². The monoisotopic (exact) mass is 411 g/mol. The lowest BCUT2D eigenvalue weighted by Gasteiger charge is -2.46. The molecule has 0 spiro atoms. The van der Waals surface area contributed by atoms with Gasteiger partial charge >= 0.3 is 0 Å². The second kappa shape index (κ2) is 7.71. The van der Waals surface area contributed by atoms with Crippen LogP contribution in [0.5, 0.6) is 0 Å². The molecule has 1 aromatic carbocycles. The summed E-state index contributed by atoms with van der Waals surface area (Å²) in [6.07, 6.45) is 1.52. The van der Waals surface area contributed by atoms with Gasteiger partial charge in [-0.2, -0.15) is 0 Å². The maximum Gasteiger partial charge on any atom is 0.223 e. The lowest BCUT2D eigenvalue weighted by atomic mass is 9.99. The molecule has 1 aliphatic rings. The lowest BCUT2D eigenvalue weighted by Crippen LogP contribution is -2.56. The summed E-state index contributed by atoms with van der Waals surface area (Å²) in [5, 5.41) is 0.931. The molecule has 0 saturated carbocycles. The molecular weight excluding hydrogens is 382 g/mol. The summed E-state index contributed by atoms with van der Waals surface area (Å²) >= 11 is 3.63. The number of likely N-dealkylation sites (tertiary alicyclic amines) is 1. The molecule has 3 nitrogen and oxygen atoms in total. The standard InChI is InChI=1S/C19H30BrNO2Si/c1-19(2,3)24(4,5)23-17-11-12-18(22)21(16(17)13-20)14-15-9-7-6-8-10-15/h6-10,16-17H,11-14H2,1-5H3/t16-,17+/m1/s1. The Hall–Kier alpha value is -0.653. The fourth-order valence-corrected chi connectivity index (χ4v) is 5.00. The highest BCUT2D eigenvalue weighted by molar-refractivity contribution is 9.09. The fourth-order valence-electron chi connectivity index (χ4n) is 2.85. The zero-order valence-corrected chi connectivity index (χ0v) is 18.1. The predicted molar refractivity (Wildman–Crippen MR) is 106 cm³/mol. The third kappa shape index (κ3) is 4.49. The van der Waals surface area contributed by atoms with Crippen LogP contribution in [0.25, 0.3) is 0 Å². The molecule has 0 aromatic heterocycles. The molecule has 1 saturated heterocycles. The average molecular weight is 412 g/mol. The van der Waals surface area contributed by atoms with Gasteiger partial charge in [0.1, 0.15) is 0 Å².